The Hall–Kier alpha value is -2.30. The van der Waals surface area contributed by atoms with Crippen LogP contribution in [0.4, 0.5) is 0 Å². The summed E-state index contributed by atoms with van der Waals surface area (Å²) in [7, 11) is 0. The maximum atomic E-state index is 12.9. The van der Waals surface area contributed by atoms with Crippen LogP contribution >= 0.6 is 0 Å². The quantitative estimate of drug-likeness (QED) is 0.771. The summed E-state index contributed by atoms with van der Waals surface area (Å²) in [6, 6.07) is 9.95. The van der Waals surface area contributed by atoms with Crippen molar-refractivity contribution in [2.45, 2.75) is 70.6 Å². The molecule has 1 amide bonds. The number of nitrogens with one attached hydrogen (secondary N) is 1. The van der Waals surface area contributed by atoms with Crippen molar-refractivity contribution < 1.29 is 9.53 Å². The summed E-state index contributed by atoms with van der Waals surface area (Å²) < 4.78 is 7.51. The molecule has 0 spiro atoms. The van der Waals surface area contributed by atoms with E-state index < -0.39 is 0 Å². The van der Waals surface area contributed by atoms with Crippen molar-refractivity contribution in [1.29, 1.82) is 0 Å². The summed E-state index contributed by atoms with van der Waals surface area (Å²) in [4.78, 5) is 12.9. The van der Waals surface area contributed by atoms with E-state index in [4.69, 9.17) is 4.74 Å². The second-order valence-corrected chi connectivity index (χ2v) is 9.89. The van der Waals surface area contributed by atoms with Gasteiger partial charge in [-0.3, -0.25) is 4.79 Å². The van der Waals surface area contributed by atoms with Gasteiger partial charge in [-0.1, -0.05) is 26.0 Å². The van der Waals surface area contributed by atoms with E-state index >= 15 is 0 Å². The summed E-state index contributed by atoms with van der Waals surface area (Å²) in [5.74, 6) is 3.72. The minimum absolute atomic E-state index is 0.0181. The number of hydrogen-bond acceptors (Lipinski definition) is 3. The molecule has 4 aliphatic carbocycles. The van der Waals surface area contributed by atoms with Crippen molar-refractivity contribution in [3.05, 3.63) is 47.8 Å². The number of aromatic nitrogens is 2. The van der Waals surface area contributed by atoms with Gasteiger partial charge in [-0.2, -0.15) is 5.10 Å². The van der Waals surface area contributed by atoms with E-state index in [0.29, 0.717) is 18.3 Å². The molecule has 0 saturated heterocycles. The van der Waals surface area contributed by atoms with Gasteiger partial charge >= 0.3 is 0 Å². The molecule has 1 heterocycles. The lowest BCUT2D eigenvalue weighted by Gasteiger charge is -2.56. The first-order chi connectivity index (χ1) is 14.0. The Kier molecular flexibility index (Phi) is 4.64. The fraction of sp³-hybridized carbons (Fsp3) is 0.583. The van der Waals surface area contributed by atoms with Crippen LogP contribution < -0.4 is 10.1 Å². The van der Waals surface area contributed by atoms with Gasteiger partial charge in [0.1, 0.15) is 11.4 Å². The lowest BCUT2D eigenvalue weighted by Crippen LogP contribution is -2.59. The molecular weight excluding hydrogens is 362 g/mol. The van der Waals surface area contributed by atoms with Crippen LogP contribution in [-0.4, -0.2) is 21.2 Å². The molecule has 2 aromatic rings. The van der Waals surface area contributed by atoms with Crippen LogP contribution in [0.5, 0.6) is 5.75 Å². The number of hydrogen-bond donors (Lipinski definition) is 1. The van der Waals surface area contributed by atoms with Crippen molar-refractivity contribution in [2.24, 2.45) is 17.8 Å². The Bertz CT molecular complexity index is 849. The van der Waals surface area contributed by atoms with Gasteiger partial charge in [0.25, 0.3) is 5.91 Å². The molecule has 0 atom stereocenters. The van der Waals surface area contributed by atoms with Gasteiger partial charge in [0.15, 0.2) is 6.73 Å². The SMILES string of the molecule is CC(C)c1ccc(OCn2ccc(C(=O)NC34CC5CC(CC(C5)C3)C4)n2)cc1. The van der Waals surface area contributed by atoms with E-state index in [1.54, 1.807) is 10.7 Å². The van der Waals surface area contributed by atoms with E-state index in [-0.39, 0.29) is 11.4 Å². The number of carbonyl (C=O) groups is 1. The van der Waals surface area contributed by atoms with Crippen LogP contribution in [0.3, 0.4) is 0 Å². The minimum Gasteiger partial charge on any atom is -0.471 e. The third-order valence-electron chi connectivity index (χ3n) is 7.20. The molecule has 29 heavy (non-hydrogen) atoms. The maximum Gasteiger partial charge on any atom is 0.272 e. The van der Waals surface area contributed by atoms with Crippen molar-refractivity contribution in [2.75, 3.05) is 0 Å². The second kappa shape index (κ2) is 7.19. The lowest BCUT2D eigenvalue weighted by atomic mass is 9.53. The Morgan fingerprint density at radius 1 is 1.10 bits per heavy atom. The average Bonchev–Trinajstić information content (AvgIpc) is 3.14. The van der Waals surface area contributed by atoms with Gasteiger partial charge in [0, 0.05) is 11.7 Å². The van der Waals surface area contributed by atoms with Gasteiger partial charge < -0.3 is 10.1 Å². The van der Waals surface area contributed by atoms with Crippen molar-refractivity contribution in [3.8, 4) is 5.75 Å². The van der Waals surface area contributed by atoms with E-state index in [0.717, 1.165) is 42.8 Å². The maximum absolute atomic E-state index is 12.9. The summed E-state index contributed by atoms with van der Waals surface area (Å²) >= 11 is 0. The molecule has 6 rings (SSSR count). The number of carbonyl (C=O) groups excluding carboxylic acids is 1. The number of nitrogens with zero attached hydrogens (tertiary/aromatic N) is 2. The molecule has 5 nitrogen and oxygen atoms in total. The molecule has 154 valence electrons. The Labute approximate surface area is 172 Å². The molecule has 1 aromatic carbocycles. The highest BCUT2D eigenvalue weighted by Gasteiger charge is 2.51. The van der Waals surface area contributed by atoms with Crippen LogP contribution in [0.2, 0.25) is 0 Å². The molecule has 4 bridgehead atoms. The molecular formula is C24H31N3O2. The second-order valence-electron chi connectivity index (χ2n) is 9.89. The van der Waals surface area contributed by atoms with Crippen LogP contribution in [-0.2, 0) is 6.73 Å². The van der Waals surface area contributed by atoms with E-state index in [1.165, 1.54) is 24.8 Å². The van der Waals surface area contributed by atoms with Crippen LogP contribution in [0.1, 0.15) is 74.3 Å². The summed E-state index contributed by atoms with van der Waals surface area (Å²) in [5, 5.41) is 7.84. The van der Waals surface area contributed by atoms with E-state index in [1.807, 2.05) is 18.3 Å². The smallest absolute Gasteiger partial charge is 0.272 e. The third-order valence-corrected chi connectivity index (χ3v) is 7.20. The fourth-order valence-corrected chi connectivity index (χ4v) is 6.21. The van der Waals surface area contributed by atoms with Gasteiger partial charge in [0.2, 0.25) is 0 Å². The first kappa shape index (κ1) is 18.7. The summed E-state index contributed by atoms with van der Waals surface area (Å²) in [5.41, 5.74) is 1.80. The van der Waals surface area contributed by atoms with E-state index in [9.17, 15) is 4.79 Å². The Morgan fingerprint density at radius 2 is 1.72 bits per heavy atom. The first-order valence-corrected chi connectivity index (χ1v) is 11.1. The normalized spacial score (nSPS) is 30.0. The number of amides is 1. The standard InChI is InChI=1S/C24H31N3O2/c1-16(2)20-3-5-21(6-4-20)29-15-27-8-7-22(26-27)23(28)25-24-12-17-9-18(13-24)11-19(10-17)14-24/h3-8,16-19H,9-15H2,1-2H3,(H,25,28). The van der Waals surface area contributed by atoms with Crippen LogP contribution in [0.25, 0.3) is 0 Å². The third kappa shape index (κ3) is 3.79. The van der Waals surface area contributed by atoms with Gasteiger partial charge in [-0.15, -0.1) is 0 Å². The number of benzene rings is 1. The summed E-state index contributed by atoms with van der Waals surface area (Å²) in [6.45, 7) is 4.65. The molecule has 4 saturated carbocycles. The summed E-state index contributed by atoms with van der Waals surface area (Å²) in [6.07, 6.45) is 9.40. The van der Waals surface area contributed by atoms with Crippen molar-refractivity contribution in [1.82, 2.24) is 15.1 Å². The first-order valence-electron chi connectivity index (χ1n) is 11.1. The van der Waals surface area contributed by atoms with Gasteiger partial charge in [0.05, 0.1) is 0 Å². The number of rotatable bonds is 6. The lowest BCUT2D eigenvalue weighted by molar-refractivity contribution is -0.0168. The Balaban J connectivity index is 1.19. The van der Waals surface area contributed by atoms with Crippen LogP contribution in [0.15, 0.2) is 36.5 Å². The zero-order chi connectivity index (χ0) is 20.0. The van der Waals surface area contributed by atoms with Crippen molar-refractivity contribution >= 4 is 5.91 Å². The highest BCUT2D eigenvalue weighted by Crippen LogP contribution is 2.55. The molecule has 4 aliphatic rings. The zero-order valence-electron chi connectivity index (χ0n) is 17.4. The minimum atomic E-state index is -0.0352. The molecule has 0 radical (unpaired) electrons. The highest BCUT2D eigenvalue weighted by molar-refractivity contribution is 5.92. The average molecular weight is 394 g/mol. The highest BCUT2D eigenvalue weighted by atomic mass is 16.5. The predicted octanol–water partition coefficient (Wildman–Crippen LogP) is 4.74. The monoisotopic (exact) mass is 393 g/mol. The Morgan fingerprint density at radius 3 is 2.31 bits per heavy atom. The van der Waals surface area contributed by atoms with Gasteiger partial charge in [-0.25, -0.2) is 4.68 Å². The van der Waals surface area contributed by atoms with E-state index in [2.05, 4.69) is 36.4 Å². The molecule has 1 N–H and O–H groups in total. The van der Waals surface area contributed by atoms with Crippen LogP contribution in [0, 0.1) is 17.8 Å². The largest absolute Gasteiger partial charge is 0.471 e. The molecule has 5 heteroatoms. The fourth-order valence-electron chi connectivity index (χ4n) is 6.21. The topological polar surface area (TPSA) is 56.1 Å². The molecule has 4 fully saturated rings. The molecule has 1 aromatic heterocycles. The molecule has 0 unspecified atom stereocenters. The zero-order valence-corrected chi connectivity index (χ0v) is 17.4. The molecule has 0 aliphatic heterocycles. The predicted molar refractivity (Wildman–Crippen MR) is 112 cm³/mol. The number of ether oxygens (including phenoxy) is 1. The van der Waals surface area contributed by atoms with Gasteiger partial charge in [-0.05, 0) is 86.0 Å². The van der Waals surface area contributed by atoms with Crippen molar-refractivity contribution in [3.63, 3.8) is 0 Å².